The maximum atomic E-state index is 8.36. The molecule has 0 atom stereocenters. The zero-order chi connectivity index (χ0) is 21.2. The largest absolute Gasteiger partial charge is 0.487 e. The smallest absolute Gasteiger partial charge is 0.290 e. The Bertz CT molecular complexity index is 1060. The minimum absolute atomic E-state index is 0.250. The molecular weight excluding hydrogens is 382 g/mol. The van der Waals surface area contributed by atoms with Crippen LogP contribution in [0, 0.1) is 0 Å². The van der Waals surface area contributed by atoms with E-state index >= 15 is 0 Å². The molecule has 1 aromatic carbocycles. The lowest BCUT2D eigenvalue weighted by Crippen LogP contribution is -2.03. The highest BCUT2D eigenvalue weighted by Crippen LogP contribution is 2.23. The second-order valence-electron chi connectivity index (χ2n) is 6.46. The number of carboxylic acid groups (broad SMARTS) is 1. The number of hydrogen-bond acceptors (Lipinski definition) is 5. The average Bonchev–Trinajstić information content (AvgIpc) is 3.41. The maximum absolute atomic E-state index is 8.36. The van der Waals surface area contributed by atoms with Gasteiger partial charge in [-0.2, -0.15) is 5.10 Å². The third-order valence-electron chi connectivity index (χ3n) is 4.32. The highest BCUT2D eigenvalue weighted by atomic mass is 16.5. The Balaban J connectivity index is 0.000000806. The van der Waals surface area contributed by atoms with Crippen LogP contribution in [0.5, 0.6) is 5.75 Å². The fourth-order valence-corrected chi connectivity index (χ4v) is 2.97. The van der Waals surface area contributed by atoms with Gasteiger partial charge in [0.05, 0.1) is 11.9 Å². The Labute approximate surface area is 174 Å². The molecule has 0 saturated carbocycles. The topological polar surface area (TPSA) is 95.1 Å². The van der Waals surface area contributed by atoms with E-state index in [9.17, 15) is 0 Å². The fourth-order valence-electron chi connectivity index (χ4n) is 2.97. The van der Waals surface area contributed by atoms with Crippen molar-refractivity contribution in [3.63, 3.8) is 0 Å². The van der Waals surface area contributed by atoms with E-state index in [0.29, 0.717) is 6.61 Å². The van der Waals surface area contributed by atoms with Crippen molar-refractivity contribution in [2.75, 3.05) is 0 Å². The first-order valence-electron chi connectivity index (χ1n) is 9.39. The molecule has 0 bridgehead atoms. The Hall–Kier alpha value is -3.94. The van der Waals surface area contributed by atoms with Gasteiger partial charge in [-0.05, 0) is 36.2 Å². The van der Waals surface area contributed by atoms with E-state index in [-0.39, 0.29) is 6.47 Å². The molecule has 0 saturated heterocycles. The van der Waals surface area contributed by atoms with Crippen LogP contribution in [0.15, 0.2) is 73.4 Å². The predicted molar refractivity (Wildman–Crippen MR) is 112 cm³/mol. The Morgan fingerprint density at radius 1 is 1.13 bits per heavy atom. The lowest BCUT2D eigenvalue weighted by Gasteiger charge is -2.10. The first-order valence-corrected chi connectivity index (χ1v) is 9.39. The summed E-state index contributed by atoms with van der Waals surface area (Å²) in [5.74, 6) is 1.74. The summed E-state index contributed by atoms with van der Waals surface area (Å²) in [6.45, 7) is 1.04. The van der Waals surface area contributed by atoms with Crippen LogP contribution < -0.4 is 4.74 Å². The fraction of sp³-hybridized carbons (Fsp3) is 0.182. The van der Waals surface area contributed by atoms with E-state index in [0.717, 1.165) is 35.8 Å². The summed E-state index contributed by atoms with van der Waals surface area (Å²) < 4.78 is 9.88. The van der Waals surface area contributed by atoms with Crippen LogP contribution in [0.3, 0.4) is 0 Å². The molecule has 1 N–H and O–H groups in total. The van der Waals surface area contributed by atoms with Gasteiger partial charge in [0, 0.05) is 43.9 Å². The Morgan fingerprint density at radius 3 is 2.73 bits per heavy atom. The van der Waals surface area contributed by atoms with Crippen molar-refractivity contribution >= 4 is 6.47 Å². The lowest BCUT2D eigenvalue weighted by molar-refractivity contribution is -0.122. The van der Waals surface area contributed by atoms with Crippen LogP contribution in [-0.2, 0) is 31.4 Å². The molecular formula is C22H23N5O3. The van der Waals surface area contributed by atoms with Crippen LogP contribution in [0.2, 0.25) is 0 Å². The molecule has 4 rings (SSSR count). The van der Waals surface area contributed by atoms with E-state index < -0.39 is 0 Å². The molecule has 4 aromatic rings. The lowest BCUT2D eigenvalue weighted by atomic mass is 10.2. The molecule has 3 aromatic heterocycles. The maximum Gasteiger partial charge on any atom is 0.290 e. The molecule has 154 valence electrons. The SMILES string of the molecule is Cn1cc(CCn2ccnc2-c2cccc(OCc3ccccn3)c2)cn1.O=CO. The Kier molecular flexibility index (Phi) is 7.32. The molecule has 0 spiro atoms. The molecule has 0 aliphatic rings. The van der Waals surface area contributed by atoms with Crippen LogP contribution in [0.25, 0.3) is 11.4 Å². The van der Waals surface area contributed by atoms with Gasteiger partial charge in [0.2, 0.25) is 0 Å². The molecule has 0 aliphatic carbocycles. The van der Waals surface area contributed by atoms with Crippen LogP contribution in [0.1, 0.15) is 11.3 Å². The quantitative estimate of drug-likeness (QED) is 0.475. The molecule has 30 heavy (non-hydrogen) atoms. The van der Waals surface area contributed by atoms with Crippen LogP contribution in [-0.4, -0.2) is 35.9 Å². The number of benzene rings is 1. The highest BCUT2D eigenvalue weighted by molar-refractivity contribution is 5.58. The third kappa shape index (κ3) is 5.78. The molecule has 3 heterocycles. The number of hydrogen-bond donors (Lipinski definition) is 1. The number of imidazole rings is 1. The minimum Gasteiger partial charge on any atom is -0.487 e. The number of rotatable bonds is 7. The highest BCUT2D eigenvalue weighted by Gasteiger charge is 2.08. The van der Waals surface area contributed by atoms with Crippen molar-refractivity contribution in [2.24, 2.45) is 7.05 Å². The van der Waals surface area contributed by atoms with Crippen molar-refractivity contribution in [2.45, 2.75) is 19.6 Å². The summed E-state index contributed by atoms with van der Waals surface area (Å²) in [6, 6.07) is 13.8. The standard InChI is InChI=1S/C21H21N5O.CH2O2/c1-25-15-17(14-24-25)8-11-26-12-10-23-21(26)18-5-4-7-20(13-18)27-16-19-6-2-3-9-22-19;2-1-3/h2-7,9-10,12-15H,8,11,16H2,1H3;1H,(H,2,3). The Morgan fingerprint density at radius 2 is 2.00 bits per heavy atom. The second-order valence-corrected chi connectivity index (χ2v) is 6.46. The number of carbonyl (C=O) groups is 1. The van der Waals surface area contributed by atoms with Gasteiger partial charge in [-0.1, -0.05) is 18.2 Å². The van der Waals surface area contributed by atoms with Crippen LogP contribution >= 0.6 is 0 Å². The predicted octanol–water partition coefficient (Wildman–Crippen LogP) is 3.20. The monoisotopic (exact) mass is 405 g/mol. The van der Waals surface area contributed by atoms with E-state index in [1.54, 1.807) is 6.20 Å². The van der Waals surface area contributed by atoms with Crippen molar-refractivity contribution in [1.82, 2.24) is 24.3 Å². The van der Waals surface area contributed by atoms with Gasteiger partial charge in [0.1, 0.15) is 18.2 Å². The first-order chi connectivity index (χ1) is 14.7. The van der Waals surface area contributed by atoms with E-state index in [1.807, 2.05) is 72.9 Å². The molecule has 0 amide bonds. The average molecular weight is 405 g/mol. The number of pyridine rings is 1. The van der Waals surface area contributed by atoms with Crippen molar-refractivity contribution in [3.8, 4) is 17.1 Å². The molecule has 0 radical (unpaired) electrons. The summed E-state index contributed by atoms with van der Waals surface area (Å²) >= 11 is 0. The summed E-state index contributed by atoms with van der Waals surface area (Å²) in [5.41, 5.74) is 3.15. The van der Waals surface area contributed by atoms with Gasteiger partial charge in [-0.25, -0.2) is 4.98 Å². The zero-order valence-corrected chi connectivity index (χ0v) is 16.6. The van der Waals surface area contributed by atoms with E-state index in [2.05, 4.69) is 25.7 Å². The van der Waals surface area contributed by atoms with Gasteiger partial charge in [-0.15, -0.1) is 0 Å². The van der Waals surface area contributed by atoms with Gasteiger partial charge < -0.3 is 14.4 Å². The normalized spacial score (nSPS) is 10.2. The van der Waals surface area contributed by atoms with Crippen LogP contribution in [0.4, 0.5) is 0 Å². The molecule has 8 heteroatoms. The van der Waals surface area contributed by atoms with Crippen molar-refractivity contribution in [1.29, 1.82) is 0 Å². The van der Waals surface area contributed by atoms with Crippen molar-refractivity contribution in [3.05, 3.63) is 84.7 Å². The summed E-state index contributed by atoms with van der Waals surface area (Å²) in [5, 5.41) is 11.1. The summed E-state index contributed by atoms with van der Waals surface area (Å²) in [4.78, 5) is 17.2. The number of aryl methyl sites for hydroxylation is 3. The number of ether oxygens (including phenoxy) is 1. The third-order valence-corrected chi connectivity index (χ3v) is 4.32. The summed E-state index contributed by atoms with van der Waals surface area (Å²) in [7, 11) is 1.93. The second kappa shape index (κ2) is 10.6. The first kappa shape index (κ1) is 20.8. The molecule has 0 aliphatic heterocycles. The van der Waals surface area contributed by atoms with Gasteiger partial charge in [0.15, 0.2) is 0 Å². The van der Waals surface area contributed by atoms with Gasteiger partial charge in [0.25, 0.3) is 6.47 Å². The number of aromatic nitrogens is 5. The minimum atomic E-state index is -0.250. The van der Waals surface area contributed by atoms with E-state index in [4.69, 9.17) is 14.6 Å². The zero-order valence-electron chi connectivity index (χ0n) is 16.6. The molecule has 8 nitrogen and oxygen atoms in total. The number of nitrogens with zero attached hydrogens (tertiary/aromatic N) is 5. The van der Waals surface area contributed by atoms with E-state index in [1.165, 1.54) is 5.56 Å². The van der Waals surface area contributed by atoms with Gasteiger partial charge in [-0.3, -0.25) is 14.5 Å². The molecule has 0 fully saturated rings. The van der Waals surface area contributed by atoms with Gasteiger partial charge >= 0.3 is 0 Å². The molecule has 0 unspecified atom stereocenters. The summed E-state index contributed by atoms with van der Waals surface area (Å²) in [6.07, 6.45) is 10.5. The van der Waals surface area contributed by atoms with Crippen molar-refractivity contribution < 1.29 is 14.6 Å².